The standard InChI is InChI=1S/C23H39N3O4/c1-7-23(11-9-8-10-12-23)25-20(30)24-17(21(2,3)4)18(27)26-13-14-15(22(14,5)6)16(26)19(28)29/h14-17H,7-13H2,1-6H3,(H,28,29)(H2,24,25,30)/t14-,15-,16-,17+/m0/s1. The molecule has 4 atom stereocenters. The monoisotopic (exact) mass is 421 g/mol. The van der Waals surface area contributed by atoms with Crippen LogP contribution in [0.4, 0.5) is 4.79 Å². The Morgan fingerprint density at radius 1 is 1.13 bits per heavy atom. The Hall–Kier alpha value is -1.79. The first-order valence-electron chi connectivity index (χ1n) is 11.5. The number of carbonyl (C=O) groups excluding carboxylic acids is 2. The van der Waals surface area contributed by atoms with Crippen LogP contribution >= 0.6 is 0 Å². The van der Waals surface area contributed by atoms with Gasteiger partial charge in [0.25, 0.3) is 0 Å². The van der Waals surface area contributed by atoms with Crippen molar-refractivity contribution in [3.8, 4) is 0 Å². The van der Waals surface area contributed by atoms with Crippen LogP contribution in [0.3, 0.4) is 0 Å². The minimum Gasteiger partial charge on any atom is -0.480 e. The van der Waals surface area contributed by atoms with Crippen molar-refractivity contribution in [1.29, 1.82) is 0 Å². The van der Waals surface area contributed by atoms with E-state index in [9.17, 15) is 19.5 Å². The van der Waals surface area contributed by atoms with Crippen LogP contribution in [-0.4, -0.2) is 52.1 Å². The van der Waals surface area contributed by atoms with Gasteiger partial charge in [0.15, 0.2) is 0 Å². The fraction of sp³-hybridized carbons (Fsp3) is 0.870. The average molecular weight is 422 g/mol. The van der Waals surface area contributed by atoms with Crippen LogP contribution in [0.1, 0.15) is 80.1 Å². The van der Waals surface area contributed by atoms with Crippen LogP contribution in [0.25, 0.3) is 0 Å². The summed E-state index contributed by atoms with van der Waals surface area (Å²) < 4.78 is 0. The Bertz CT molecular complexity index is 706. The lowest BCUT2D eigenvalue weighted by molar-refractivity contribution is -0.152. The van der Waals surface area contributed by atoms with Crippen molar-refractivity contribution in [3.05, 3.63) is 0 Å². The predicted octanol–water partition coefficient (Wildman–Crippen LogP) is 3.38. The second kappa shape index (κ2) is 7.72. The van der Waals surface area contributed by atoms with Gasteiger partial charge in [0, 0.05) is 18.0 Å². The number of fused-ring (bicyclic) bond motifs is 1. The zero-order chi connectivity index (χ0) is 22.5. The van der Waals surface area contributed by atoms with Crippen molar-refractivity contribution in [2.75, 3.05) is 6.54 Å². The van der Waals surface area contributed by atoms with Gasteiger partial charge in [-0.1, -0.05) is 60.8 Å². The summed E-state index contributed by atoms with van der Waals surface area (Å²) in [5, 5.41) is 15.9. The van der Waals surface area contributed by atoms with E-state index >= 15 is 0 Å². The Morgan fingerprint density at radius 3 is 2.23 bits per heavy atom. The zero-order valence-corrected chi connectivity index (χ0v) is 19.4. The molecule has 170 valence electrons. The molecule has 0 unspecified atom stereocenters. The number of piperidine rings is 1. The van der Waals surface area contributed by atoms with Crippen molar-refractivity contribution in [1.82, 2.24) is 15.5 Å². The lowest BCUT2D eigenvalue weighted by Gasteiger charge is -2.40. The van der Waals surface area contributed by atoms with Gasteiger partial charge in [0.2, 0.25) is 5.91 Å². The van der Waals surface area contributed by atoms with E-state index in [2.05, 4.69) is 31.4 Å². The fourth-order valence-electron chi connectivity index (χ4n) is 5.81. The number of hydrogen-bond donors (Lipinski definition) is 3. The van der Waals surface area contributed by atoms with Crippen molar-refractivity contribution >= 4 is 17.9 Å². The van der Waals surface area contributed by atoms with Gasteiger partial charge in [-0.15, -0.1) is 0 Å². The molecule has 7 heteroatoms. The predicted molar refractivity (Wildman–Crippen MR) is 115 cm³/mol. The highest BCUT2D eigenvalue weighted by atomic mass is 16.4. The van der Waals surface area contributed by atoms with Gasteiger partial charge in [-0.05, 0) is 36.0 Å². The number of likely N-dealkylation sites (tertiary alicyclic amines) is 1. The molecule has 7 nitrogen and oxygen atoms in total. The first-order chi connectivity index (χ1) is 13.8. The van der Waals surface area contributed by atoms with E-state index in [1.54, 1.807) is 0 Å². The maximum Gasteiger partial charge on any atom is 0.326 e. The van der Waals surface area contributed by atoms with Gasteiger partial charge >= 0.3 is 12.0 Å². The summed E-state index contributed by atoms with van der Waals surface area (Å²) in [5.41, 5.74) is -0.793. The lowest BCUT2D eigenvalue weighted by Crippen LogP contribution is -2.61. The number of rotatable bonds is 5. The van der Waals surface area contributed by atoms with E-state index in [0.717, 1.165) is 32.1 Å². The van der Waals surface area contributed by atoms with E-state index in [1.165, 1.54) is 11.3 Å². The molecule has 0 aromatic carbocycles. The molecule has 3 N–H and O–H groups in total. The van der Waals surface area contributed by atoms with Crippen LogP contribution in [0.5, 0.6) is 0 Å². The van der Waals surface area contributed by atoms with Crippen LogP contribution in [0, 0.1) is 22.7 Å². The molecular formula is C23H39N3O4. The molecule has 1 aliphatic heterocycles. The third-order valence-electron chi connectivity index (χ3n) is 8.00. The van der Waals surface area contributed by atoms with Gasteiger partial charge in [-0.2, -0.15) is 0 Å². The molecule has 1 saturated heterocycles. The lowest BCUT2D eigenvalue weighted by atomic mass is 9.80. The van der Waals surface area contributed by atoms with Gasteiger partial charge in [-0.3, -0.25) is 4.79 Å². The van der Waals surface area contributed by atoms with Gasteiger partial charge in [-0.25, -0.2) is 9.59 Å². The normalized spacial score (nSPS) is 30.2. The summed E-state index contributed by atoms with van der Waals surface area (Å²) in [6.07, 6.45) is 6.16. The average Bonchev–Trinajstić information content (AvgIpc) is 3.01. The van der Waals surface area contributed by atoms with Crippen molar-refractivity contribution in [2.24, 2.45) is 22.7 Å². The fourth-order valence-corrected chi connectivity index (χ4v) is 5.81. The Kier molecular flexibility index (Phi) is 5.89. The van der Waals surface area contributed by atoms with Gasteiger partial charge in [0.05, 0.1) is 0 Å². The third kappa shape index (κ3) is 4.04. The Morgan fingerprint density at radius 2 is 1.73 bits per heavy atom. The van der Waals surface area contributed by atoms with E-state index in [4.69, 9.17) is 0 Å². The first kappa shape index (κ1) is 22.9. The third-order valence-corrected chi connectivity index (χ3v) is 8.00. The van der Waals surface area contributed by atoms with Gasteiger partial charge < -0.3 is 20.6 Å². The van der Waals surface area contributed by atoms with Crippen LogP contribution in [0.2, 0.25) is 0 Å². The maximum absolute atomic E-state index is 13.5. The number of carbonyl (C=O) groups is 3. The van der Waals surface area contributed by atoms with E-state index in [1.807, 2.05) is 20.8 Å². The number of nitrogens with one attached hydrogen (secondary N) is 2. The summed E-state index contributed by atoms with van der Waals surface area (Å²) in [4.78, 5) is 39.9. The highest BCUT2D eigenvalue weighted by Crippen LogP contribution is 2.65. The molecule has 0 aromatic rings. The number of carboxylic acids is 1. The topological polar surface area (TPSA) is 98.7 Å². The summed E-state index contributed by atoms with van der Waals surface area (Å²) in [6.45, 7) is 12.4. The van der Waals surface area contributed by atoms with E-state index in [-0.39, 0.29) is 34.7 Å². The van der Waals surface area contributed by atoms with Crippen LogP contribution in [0.15, 0.2) is 0 Å². The summed E-state index contributed by atoms with van der Waals surface area (Å²) in [5.74, 6) is -1.05. The number of urea groups is 1. The molecule has 0 aromatic heterocycles. The molecule has 1 heterocycles. The summed E-state index contributed by atoms with van der Waals surface area (Å²) >= 11 is 0. The zero-order valence-electron chi connectivity index (χ0n) is 19.4. The molecule has 3 amide bonds. The molecule has 0 spiro atoms. The van der Waals surface area contributed by atoms with Crippen molar-refractivity contribution in [3.63, 3.8) is 0 Å². The SMILES string of the molecule is CCC1(NC(=O)N[C@H](C(=O)N2C[C@H]3[C@@H]([C@H]2C(=O)O)C3(C)C)C(C)(C)C)CCCCC1. The maximum atomic E-state index is 13.5. The molecule has 2 saturated carbocycles. The molecule has 0 bridgehead atoms. The molecule has 3 fully saturated rings. The second-order valence-electron chi connectivity index (χ2n) is 11.3. The van der Waals surface area contributed by atoms with E-state index < -0.39 is 23.5 Å². The minimum absolute atomic E-state index is 0.0148. The minimum atomic E-state index is -0.953. The number of amides is 3. The molecule has 30 heavy (non-hydrogen) atoms. The summed E-state index contributed by atoms with van der Waals surface area (Å²) in [7, 11) is 0. The number of aliphatic carboxylic acids is 1. The number of carboxylic acid groups (broad SMARTS) is 1. The van der Waals surface area contributed by atoms with Crippen molar-refractivity contribution in [2.45, 2.75) is 97.7 Å². The molecule has 2 aliphatic carbocycles. The largest absolute Gasteiger partial charge is 0.480 e. The quantitative estimate of drug-likeness (QED) is 0.634. The van der Waals surface area contributed by atoms with Crippen molar-refractivity contribution < 1.29 is 19.5 Å². The van der Waals surface area contributed by atoms with E-state index in [0.29, 0.717) is 6.54 Å². The van der Waals surface area contributed by atoms with Gasteiger partial charge in [0.1, 0.15) is 12.1 Å². The van der Waals surface area contributed by atoms with Crippen LogP contribution < -0.4 is 10.6 Å². The molecular weight excluding hydrogens is 382 g/mol. The molecule has 0 radical (unpaired) electrons. The molecule has 3 rings (SSSR count). The highest BCUT2D eigenvalue weighted by Gasteiger charge is 2.70. The Labute approximate surface area is 180 Å². The highest BCUT2D eigenvalue weighted by molar-refractivity contribution is 5.92. The van der Waals surface area contributed by atoms with Crippen LogP contribution in [-0.2, 0) is 9.59 Å². The number of hydrogen-bond acceptors (Lipinski definition) is 3. The summed E-state index contributed by atoms with van der Waals surface area (Å²) in [6, 6.07) is -1.92. The molecule has 3 aliphatic rings. The second-order valence-corrected chi connectivity index (χ2v) is 11.3. The smallest absolute Gasteiger partial charge is 0.326 e. The Balaban J connectivity index is 1.74. The first-order valence-corrected chi connectivity index (χ1v) is 11.5. The number of nitrogens with zero attached hydrogens (tertiary/aromatic N) is 1.